The molecule has 0 aliphatic rings. The lowest BCUT2D eigenvalue weighted by Crippen LogP contribution is -2.30. The minimum absolute atomic E-state index is 0.120. The van der Waals surface area contributed by atoms with Gasteiger partial charge in [0, 0.05) is 18.2 Å². The standard InChI is InChI=1S/C18H21FN2O3/c1-21(11-13-6-4-5-7-15(13)19)12-18(22)20-16-10-14(23-2)8-9-17(16)24-3/h4-10H,11-12H2,1-3H3,(H,20,22). The van der Waals surface area contributed by atoms with Gasteiger partial charge in [-0.2, -0.15) is 0 Å². The molecule has 128 valence electrons. The van der Waals surface area contributed by atoms with E-state index < -0.39 is 0 Å². The molecule has 0 aromatic heterocycles. The Morgan fingerprint density at radius 1 is 1.17 bits per heavy atom. The molecule has 2 aromatic rings. The summed E-state index contributed by atoms with van der Waals surface area (Å²) in [6.07, 6.45) is 0. The summed E-state index contributed by atoms with van der Waals surface area (Å²) in [5.41, 5.74) is 1.08. The van der Waals surface area contributed by atoms with E-state index in [0.717, 1.165) is 0 Å². The molecule has 1 N–H and O–H groups in total. The molecule has 0 heterocycles. The predicted molar refractivity (Wildman–Crippen MR) is 90.9 cm³/mol. The number of methoxy groups -OCH3 is 2. The zero-order valence-electron chi connectivity index (χ0n) is 14.0. The number of benzene rings is 2. The number of ether oxygens (including phenoxy) is 2. The Hall–Kier alpha value is -2.60. The van der Waals surface area contributed by atoms with Crippen LogP contribution >= 0.6 is 0 Å². The Balaban J connectivity index is 1.99. The molecule has 6 heteroatoms. The van der Waals surface area contributed by atoms with Gasteiger partial charge >= 0.3 is 0 Å². The summed E-state index contributed by atoms with van der Waals surface area (Å²) in [7, 11) is 4.84. The minimum atomic E-state index is -0.278. The highest BCUT2D eigenvalue weighted by Gasteiger charge is 2.12. The van der Waals surface area contributed by atoms with Crippen LogP contribution in [0.25, 0.3) is 0 Å². The summed E-state index contributed by atoms with van der Waals surface area (Å²) in [6.45, 7) is 0.462. The summed E-state index contributed by atoms with van der Waals surface area (Å²) < 4.78 is 24.0. The molecule has 0 spiro atoms. The van der Waals surface area contributed by atoms with Crippen LogP contribution in [-0.4, -0.2) is 38.6 Å². The van der Waals surface area contributed by atoms with Crippen molar-refractivity contribution in [3.8, 4) is 11.5 Å². The predicted octanol–water partition coefficient (Wildman–Crippen LogP) is 2.91. The fourth-order valence-corrected chi connectivity index (χ4v) is 2.32. The zero-order chi connectivity index (χ0) is 17.5. The molecule has 2 aromatic carbocycles. The van der Waals surface area contributed by atoms with E-state index in [1.54, 1.807) is 55.5 Å². The second kappa shape index (κ2) is 8.31. The average Bonchev–Trinajstić information content (AvgIpc) is 2.56. The van der Waals surface area contributed by atoms with Crippen molar-refractivity contribution in [1.29, 1.82) is 0 Å². The first-order valence-electron chi connectivity index (χ1n) is 7.47. The molecule has 5 nitrogen and oxygen atoms in total. The topological polar surface area (TPSA) is 50.8 Å². The summed E-state index contributed by atoms with van der Waals surface area (Å²) in [6, 6.07) is 11.7. The number of nitrogens with one attached hydrogen (secondary N) is 1. The lowest BCUT2D eigenvalue weighted by molar-refractivity contribution is -0.117. The smallest absolute Gasteiger partial charge is 0.238 e. The van der Waals surface area contributed by atoms with Gasteiger partial charge in [-0.05, 0) is 25.2 Å². The van der Waals surface area contributed by atoms with Crippen LogP contribution < -0.4 is 14.8 Å². The number of amides is 1. The molecule has 2 rings (SSSR count). The molecule has 0 atom stereocenters. The number of hydrogen-bond donors (Lipinski definition) is 1. The number of rotatable bonds is 7. The number of anilines is 1. The van der Waals surface area contributed by atoms with E-state index in [-0.39, 0.29) is 18.3 Å². The van der Waals surface area contributed by atoms with E-state index in [9.17, 15) is 9.18 Å². The van der Waals surface area contributed by atoms with Gasteiger partial charge in [-0.15, -0.1) is 0 Å². The van der Waals surface area contributed by atoms with Crippen LogP contribution in [0.5, 0.6) is 11.5 Å². The Morgan fingerprint density at radius 2 is 1.92 bits per heavy atom. The summed E-state index contributed by atoms with van der Waals surface area (Å²) in [4.78, 5) is 14.0. The van der Waals surface area contributed by atoms with Crippen molar-refractivity contribution in [2.75, 3.05) is 33.1 Å². The van der Waals surface area contributed by atoms with Crippen molar-refractivity contribution in [3.63, 3.8) is 0 Å². The molecule has 24 heavy (non-hydrogen) atoms. The van der Waals surface area contributed by atoms with Crippen LogP contribution in [0.15, 0.2) is 42.5 Å². The van der Waals surface area contributed by atoms with E-state index in [0.29, 0.717) is 29.3 Å². The largest absolute Gasteiger partial charge is 0.497 e. The summed E-state index contributed by atoms with van der Waals surface area (Å²) >= 11 is 0. The maximum absolute atomic E-state index is 13.7. The van der Waals surface area contributed by atoms with E-state index in [1.165, 1.54) is 13.2 Å². The quantitative estimate of drug-likeness (QED) is 0.847. The number of nitrogens with zero attached hydrogens (tertiary/aromatic N) is 1. The van der Waals surface area contributed by atoms with Crippen LogP contribution in [0.4, 0.5) is 10.1 Å². The van der Waals surface area contributed by atoms with Crippen LogP contribution in [0, 0.1) is 5.82 Å². The van der Waals surface area contributed by atoms with Gasteiger partial charge in [0.2, 0.25) is 5.91 Å². The molecule has 0 saturated heterocycles. The van der Waals surface area contributed by atoms with Crippen LogP contribution in [0.2, 0.25) is 0 Å². The normalized spacial score (nSPS) is 10.5. The Labute approximate surface area is 141 Å². The van der Waals surface area contributed by atoms with Gasteiger partial charge in [0.05, 0.1) is 26.5 Å². The van der Waals surface area contributed by atoms with Gasteiger partial charge in [-0.25, -0.2) is 4.39 Å². The van der Waals surface area contributed by atoms with Gasteiger partial charge < -0.3 is 14.8 Å². The van der Waals surface area contributed by atoms with Crippen molar-refractivity contribution >= 4 is 11.6 Å². The third-order valence-corrected chi connectivity index (χ3v) is 3.49. The van der Waals surface area contributed by atoms with Gasteiger partial charge in [0.1, 0.15) is 17.3 Å². The van der Waals surface area contributed by atoms with Crippen molar-refractivity contribution in [1.82, 2.24) is 4.90 Å². The average molecular weight is 332 g/mol. The lowest BCUT2D eigenvalue weighted by Gasteiger charge is -2.17. The Kier molecular flexibility index (Phi) is 6.14. The Morgan fingerprint density at radius 3 is 2.58 bits per heavy atom. The number of carbonyl (C=O) groups is 1. The van der Waals surface area contributed by atoms with Crippen LogP contribution in [0.3, 0.4) is 0 Å². The Bertz CT molecular complexity index is 706. The van der Waals surface area contributed by atoms with Crippen molar-refractivity contribution in [3.05, 3.63) is 53.8 Å². The number of carbonyl (C=O) groups excluding carboxylic acids is 1. The highest BCUT2D eigenvalue weighted by Crippen LogP contribution is 2.28. The van der Waals surface area contributed by atoms with Crippen LogP contribution in [0.1, 0.15) is 5.56 Å². The fourth-order valence-electron chi connectivity index (χ4n) is 2.32. The first kappa shape index (κ1) is 17.7. The maximum Gasteiger partial charge on any atom is 0.238 e. The van der Waals surface area contributed by atoms with E-state index >= 15 is 0 Å². The maximum atomic E-state index is 13.7. The highest BCUT2D eigenvalue weighted by molar-refractivity contribution is 5.93. The molecule has 0 bridgehead atoms. The first-order chi connectivity index (χ1) is 11.5. The minimum Gasteiger partial charge on any atom is -0.497 e. The van der Waals surface area contributed by atoms with Crippen molar-refractivity contribution < 1.29 is 18.7 Å². The molecule has 0 radical (unpaired) electrons. The first-order valence-corrected chi connectivity index (χ1v) is 7.47. The van der Waals surface area contributed by atoms with Gasteiger partial charge in [-0.1, -0.05) is 18.2 Å². The van der Waals surface area contributed by atoms with Crippen molar-refractivity contribution in [2.24, 2.45) is 0 Å². The highest BCUT2D eigenvalue weighted by atomic mass is 19.1. The number of halogens is 1. The van der Waals surface area contributed by atoms with Gasteiger partial charge in [0.25, 0.3) is 0 Å². The molecule has 0 unspecified atom stereocenters. The monoisotopic (exact) mass is 332 g/mol. The molecular formula is C18H21FN2O3. The van der Waals surface area contributed by atoms with E-state index in [2.05, 4.69) is 5.32 Å². The molecule has 0 fully saturated rings. The molecular weight excluding hydrogens is 311 g/mol. The molecule has 1 amide bonds. The van der Waals surface area contributed by atoms with Gasteiger partial charge in [-0.3, -0.25) is 9.69 Å². The second-order valence-electron chi connectivity index (χ2n) is 5.38. The number of hydrogen-bond acceptors (Lipinski definition) is 4. The van der Waals surface area contributed by atoms with Crippen LogP contribution in [-0.2, 0) is 11.3 Å². The second-order valence-corrected chi connectivity index (χ2v) is 5.38. The zero-order valence-corrected chi connectivity index (χ0v) is 14.0. The van der Waals surface area contributed by atoms with Crippen molar-refractivity contribution in [2.45, 2.75) is 6.54 Å². The summed E-state index contributed by atoms with van der Waals surface area (Å²) in [5, 5.41) is 2.79. The molecule has 0 saturated carbocycles. The fraction of sp³-hybridized carbons (Fsp3) is 0.278. The third kappa shape index (κ3) is 4.70. The van der Waals surface area contributed by atoms with Gasteiger partial charge in [0.15, 0.2) is 0 Å². The molecule has 0 aliphatic carbocycles. The lowest BCUT2D eigenvalue weighted by atomic mass is 10.2. The number of likely N-dealkylation sites (N-methyl/N-ethyl adjacent to an activating group) is 1. The SMILES string of the molecule is COc1ccc(OC)c(NC(=O)CN(C)Cc2ccccc2F)c1. The van der Waals surface area contributed by atoms with E-state index in [4.69, 9.17) is 9.47 Å². The molecule has 0 aliphatic heterocycles. The summed E-state index contributed by atoms with van der Waals surface area (Å²) in [5.74, 6) is 0.659. The third-order valence-electron chi connectivity index (χ3n) is 3.49. The van der Waals surface area contributed by atoms with E-state index in [1.807, 2.05) is 0 Å².